The van der Waals surface area contributed by atoms with Gasteiger partial charge < -0.3 is 0 Å². The largest absolute Gasteiger partial charge is 0.103 e. The first kappa shape index (κ1) is 10.2. The van der Waals surface area contributed by atoms with E-state index < -0.39 is 0 Å². The maximum Gasteiger partial charge on any atom is -0.0172 e. The van der Waals surface area contributed by atoms with Gasteiger partial charge in [-0.1, -0.05) is 37.3 Å². The Labute approximate surface area is 70.3 Å². The average Bonchev–Trinajstić information content (AvgIpc) is 1.99. The quantitative estimate of drug-likeness (QED) is 0.524. The maximum absolute atomic E-state index is 3.65. The summed E-state index contributed by atoms with van der Waals surface area (Å²) >= 11 is 0. The molecule has 0 aliphatic heterocycles. The van der Waals surface area contributed by atoms with Crippen molar-refractivity contribution in [1.29, 1.82) is 0 Å². The first-order chi connectivity index (χ1) is 5.31. The molecule has 0 aromatic rings. The van der Waals surface area contributed by atoms with E-state index in [1.165, 1.54) is 0 Å². The van der Waals surface area contributed by atoms with Crippen molar-refractivity contribution in [3.63, 3.8) is 0 Å². The molecule has 0 amide bonds. The Morgan fingerprint density at radius 3 is 2.64 bits per heavy atom. The van der Waals surface area contributed by atoms with Gasteiger partial charge in [-0.25, -0.2) is 0 Å². The van der Waals surface area contributed by atoms with Gasteiger partial charge in [-0.2, -0.15) is 0 Å². The second-order valence-electron chi connectivity index (χ2n) is 2.73. The Hall–Kier alpha value is -0.780. The molecule has 0 spiro atoms. The molecule has 0 radical (unpaired) electrons. The van der Waals surface area contributed by atoms with Gasteiger partial charge in [-0.15, -0.1) is 6.58 Å². The van der Waals surface area contributed by atoms with Crippen LogP contribution in [0.15, 0.2) is 37.0 Å². The van der Waals surface area contributed by atoms with Gasteiger partial charge in [0.15, 0.2) is 0 Å². The summed E-state index contributed by atoms with van der Waals surface area (Å²) in [5.41, 5.74) is 0. The second-order valence-corrected chi connectivity index (χ2v) is 2.73. The molecule has 0 rings (SSSR count). The van der Waals surface area contributed by atoms with Crippen LogP contribution in [0.2, 0.25) is 0 Å². The predicted molar refractivity (Wildman–Crippen MR) is 52.5 cm³/mol. The molecule has 0 bridgehead atoms. The smallest absolute Gasteiger partial charge is 0.0172 e. The van der Waals surface area contributed by atoms with Crippen LogP contribution in [0.5, 0.6) is 0 Å². The average molecular weight is 150 g/mol. The number of rotatable bonds is 5. The molecule has 0 saturated heterocycles. The van der Waals surface area contributed by atoms with Crippen LogP contribution in [0.25, 0.3) is 0 Å². The van der Waals surface area contributed by atoms with E-state index in [0.29, 0.717) is 5.92 Å². The van der Waals surface area contributed by atoms with Gasteiger partial charge in [-0.05, 0) is 25.7 Å². The van der Waals surface area contributed by atoms with Crippen LogP contribution < -0.4 is 0 Å². The fourth-order valence-electron chi connectivity index (χ4n) is 0.910. The lowest BCUT2D eigenvalue weighted by atomic mass is 10.1. The minimum Gasteiger partial charge on any atom is -0.103 e. The Kier molecular flexibility index (Phi) is 6.81. The predicted octanol–water partition coefficient (Wildman–Crippen LogP) is 3.72. The van der Waals surface area contributed by atoms with Gasteiger partial charge in [0.2, 0.25) is 0 Å². The minimum absolute atomic E-state index is 0.668. The van der Waals surface area contributed by atoms with Gasteiger partial charge in [0.1, 0.15) is 0 Å². The molecule has 0 heteroatoms. The van der Waals surface area contributed by atoms with Crippen molar-refractivity contribution in [2.75, 3.05) is 0 Å². The van der Waals surface area contributed by atoms with Crippen molar-refractivity contribution in [3.8, 4) is 0 Å². The molecule has 11 heavy (non-hydrogen) atoms. The van der Waals surface area contributed by atoms with Crippen LogP contribution in [0.3, 0.4) is 0 Å². The number of hydrogen-bond donors (Lipinski definition) is 0. The van der Waals surface area contributed by atoms with Gasteiger partial charge in [0, 0.05) is 0 Å². The Morgan fingerprint density at radius 1 is 1.36 bits per heavy atom. The molecule has 0 fully saturated rings. The lowest BCUT2D eigenvalue weighted by Crippen LogP contribution is -1.84. The highest BCUT2D eigenvalue weighted by Gasteiger charge is 1.89. The maximum atomic E-state index is 3.65. The molecule has 0 nitrogen and oxygen atoms in total. The van der Waals surface area contributed by atoms with Gasteiger partial charge in [0.05, 0.1) is 0 Å². The lowest BCUT2D eigenvalue weighted by Gasteiger charge is -1.98. The van der Waals surface area contributed by atoms with Crippen LogP contribution in [-0.4, -0.2) is 0 Å². The molecular weight excluding hydrogens is 132 g/mol. The molecule has 0 aliphatic rings. The van der Waals surface area contributed by atoms with E-state index in [4.69, 9.17) is 0 Å². The van der Waals surface area contributed by atoms with Gasteiger partial charge in [0.25, 0.3) is 0 Å². The molecule has 1 atom stereocenters. The fraction of sp³-hybridized carbons (Fsp3) is 0.455. The molecule has 0 N–H and O–H groups in total. The van der Waals surface area contributed by atoms with Crippen LogP contribution >= 0.6 is 0 Å². The lowest BCUT2D eigenvalue weighted by molar-refractivity contribution is 0.742. The number of hydrogen-bond acceptors (Lipinski definition) is 0. The summed E-state index contributed by atoms with van der Waals surface area (Å²) in [6.07, 6.45) is 12.7. The summed E-state index contributed by atoms with van der Waals surface area (Å²) in [5.74, 6) is 0.668. The fourth-order valence-corrected chi connectivity index (χ4v) is 0.910. The zero-order chi connectivity index (χ0) is 8.53. The zero-order valence-electron chi connectivity index (χ0n) is 7.59. The Bertz CT molecular complexity index is 140. The summed E-state index contributed by atoms with van der Waals surface area (Å²) < 4.78 is 0. The summed E-state index contributed by atoms with van der Waals surface area (Å²) in [6.45, 7) is 7.93. The van der Waals surface area contributed by atoms with E-state index in [1.807, 2.05) is 6.08 Å². The second kappa shape index (κ2) is 7.33. The number of allylic oxidation sites excluding steroid dienone is 5. The monoisotopic (exact) mass is 150 g/mol. The van der Waals surface area contributed by atoms with E-state index in [-0.39, 0.29) is 0 Å². The zero-order valence-corrected chi connectivity index (χ0v) is 7.59. The first-order valence-electron chi connectivity index (χ1n) is 4.20. The molecule has 0 aromatic heterocycles. The third-order valence-corrected chi connectivity index (χ3v) is 1.50. The molecule has 62 valence electrons. The summed E-state index contributed by atoms with van der Waals surface area (Å²) in [5, 5.41) is 0. The topological polar surface area (TPSA) is 0 Å². The van der Waals surface area contributed by atoms with E-state index in [0.717, 1.165) is 12.8 Å². The van der Waals surface area contributed by atoms with Crippen LogP contribution in [0, 0.1) is 5.92 Å². The van der Waals surface area contributed by atoms with E-state index >= 15 is 0 Å². The van der Waals surface area contributed by atoms with Crippen LogP contribution in [0.4, 0.5) is 0 Å². The standard InChI is InChI=1S/C11H18/c1-4-6-7-8-10-11(3)9-5-2/h4-5,7-9,11H,1,6,10H2,2-3H3. The summed E-state index contributed by atoms with van der Waals surface area (Å²) in [6, 6.07) is 0. The highest BCUT2D eigenvalue weighted by molar-refractivity contribution is 4.93. The van der Waals surface area contributed by atoms with E-state index in [2.05, 4.69) is 44.7 Å². The van der Waals surface area contributed by atoms with Crippen molar-refractivity contribution in [2.45, 2.75) is 26.7 Å². The van der Waals surface area contributed by atoms with Crippen LogP contribution in [-0.2, 0) is 0 Å². The van der Waals surface area contributed by atoms with Crippen LogP contribution in [0.1, 0.15) is 26.7 Å². The molecular formula is C11H18. The third-order valence-electron chi connectivity index (χ3n) is 1.50. The molecule has 0 heterocycles. The summed E-state index contributed by atoms with van der Waals surface area (Å²) in [4.78, 5) is 0. The molecule has 1 unspecified atom stereocenters. The van der Waals surface area contributed by atoms with Crippen molar-refractivity contribution < 1.29 is 0 Å². The Balaban J connectivity index is 3.43. The van der Waals surface area contributed by atoms with Gasteiger partial charge >= 0.3 is 0 Å². The van der Waals surface area contributed by atoms with Gasteiger partial charge in [-0.3, -0.25) is 0 Å². The highest BCUT2D eigenvalue weighted by Crippen LogP contribution is 2.04. The third kappa shape index (κ3) is 7.11. The minimum atomic E-state index is 0.668. The van der Waals surface area contributed by atoms with Crippen molar-refractivity contribution in [2.24, 2.45) is 5.92 Å². The molecule has 0 aliphatic carbocycles. The first-order valence-corrected chi connectivity index (χ1v) is 4.20. The van der Waals surface area contributed by atoms with E-state index in [9.17, 15) is 0 Å². The molecule has 0 saturated carbocycles. The van der Waals surface area contributed by atoms with Crippen molar-refractivity contribution in [3.05, 3.63) is 37.0 Å². The molecule has 0 aromatic carbocycles. The summed E-state index contributed by atoms with van der Waals surface area (Å²) in [7, 11) is 0. The SMILES string of the molecule is C=CCC=CCC(C)C=CC. The van der Waals surface area contributed by atoms with Crippen molar-refractivity contribution in [1.82, 2.24) is 0 Å². The Morgan fingerprint density at radius 2 is 2.09 bits per heavy atom. The van der Waals surface area contributed by atoms with E-state index in [1.54, 1.807) is 0 Å². The normalized spacial score (nSPS) is 14.4. The van der Waals surface area contributed by atoms with Crippen molar-refractivity contribution >= 4 is 0 Å². The highest BCUT2D eigenvalue weighted by atomic mass is 14.0.